The molecule has 1 atom stereocenters. The number of aromatic nitrogens is 1. The van der Waals surface area contributed by atoms with Crippen molar-refractivity contribution in [3.63, 3.8) is 0 Å². The highest BCUT2D eigenvalue weighted by Crippen LogP contribution is 2.18. The van der Waals surface area contributed by atoms with Crippen molar-refractivity contribution in [3.05, 3.63) is 53.4 Å². The molecular formula is C19H26N4O2. The summed E-state index contributed by atoms with van der Waals surface area (Å²) in [5, 5.41) is 9.34. The van der Waals surface area contributed by atoms with Crippen molar-refractivity contribution in [2.75, 3.05) is 13.1 Å². The predicted molar refractivity (Wildman–Crippen MR) is 95.7 cm³/mol. The summed E-state index contributed by atoms with van der Waals surface area (Å²) in [6.07, 6.45) is 4.13. The van der Waals surface area contributed by atoms with Crippen molar-refractivity contribution < 1.29 is 9.32 Å². The van der Waals surface area contributed by atoms with Crippen LogP contribution in [0.2, 0.25) is 0 Å². The van der Waals surface area contributed by atoms with Gasteiger partial charge in [-0.2, -0.15) is 0 Å². The first-order chi connectivity index (χ1) is 12.2. The van der Waals surface area contributed by atoms with Crippen LogP contribution in [-0.4, -0.2) is 29.2 Å². The van der Waals surface area contributed by atoms with E-state index in [4.69, 9.17) is 4.52 Å². The SMILES string of the molecule is CC1CCCN(Cc2ccc(CNC(=O)NCc3ccon3)cc2)C1. The lowest BCUT2D eigenvalue weighted by Crippen LogP contribution is -2.34. The van der Waals surface area contributed by atoms with E-state index in [1.54, 1.807) is 6.07 Å². The number of urea groups is 1. The second kappa shape index (κ2) is 8.67. The number of carbonyl (C=O) groups excluding carboxylic acids is 1. The highest BCUT2D eigenvalue weighted by Gasteiger charge is 2.16. The number of benzene rings is 1. The van der Waals surface area contributed by atoms with Gasteiger partial charge in [0.15, 0.2) is 0 Å². The van der Waals surface area contributed by atoms with Gasteiger partial charge in [-0.3, -0.25) is 4.90 Å². The van der Waals surface area contributed by atoms with Gasteiger partial charge in [-0.15, -0.1) is 0 Å². The molecule has 0 bridgehead atoms. The molecule has 6 heteroatoms. The summed E-state index contributed by atoms with van der Waals surface area (Å²) in [6.45, 7) is 6.58. The molecule has 2 N–H and O–H groups in total. The smallest absolute Gasteiger partial charge is 0.315 e. The first kappa shape index (κ1) is 17.5. The molecule has 2 aromatic rings. The Balaban J connectivity index is 1.40. The van der Waals surface area contributed by atoms with Gasteiger partial charge < -0.3 is 15.2 Å². The summed E-state index contributed by atoms with van der Waals surface area (Å²) in [5.74, 6) is 0.799. The first-order valence-electron chi connectivity index (χ1n) is 8.90. The molecule has 1 aliphatic heterocycles. The second-order valence-electron chi connectivity index (χ2n) is 6.83. The third kappa shape index (κ3) is 5.60. The van der Waals surface area contributed by atoms with E-state index in [1.165, 1.54) is 37.8 Å². The zero-order valence-corrected chi connectivity index (χ0v) is 14.7. The van der Waals surface area contributed by atoms with Crippen LogP contribution in [0.15, 0.2) is 41.1 Å². The Bertz CT molecular complexity index is 655. The van der Waals surface area contributed by atoms with Gasteiger partial charge in [0.1, 0.15) is 12.0 Å². The number of carbonyl (C=O) groups is 1. The van der Waals surface area contributed by atoms with Crippen LogP contribution >= 0.6 is 0 Å². The lowest BCUT2D eigenvalue weighted by atomic mass is 9.99. The van der Waals surface area contributed by atoms with E-state index < -0.39 is 0 Å². The number of nitrogens with one attached hydrogen (secondary N) is 2. The largest absolute Gasteiger partial charge is 0.364 e. The lowest BCUT2D eigenvalue weighted by Gasteiger charge is -2.30. The molecule has 3 rings (SSSR count). The number of amides is 2. The van der Waals surface area contributed by atoms with Gasteiger partial charge in [0.25, 0.3) is 0 Å². The Labute approximate surface area is 148 Å². The van der Waals surface area contributed by atoms with Crippen molar-refractivity contribution in [2.45, 2.75) is 39.4 Å². The zero-order chi connectivity index (χ0) is 17.5. The monoisotopic (exact) mass is 342 g/mol. The summed E-state index contributed by atoms with van der Waals surface area (Å²) in [4.78, 5) is 14.3. The maximum atomic E-state index is 11.8. The van der Waals surface area contributed by atoms with Crippen molar-refractivity contribution in [1.82, 2.24) is 20.7 Å². The fourth-order valence-corrected chi connectivity index (χ4v) is 3.20. The number of hydrogen-bond acceptors (Lipinski definition) is 4. The molecule has 134 valence electrons. The minimum absolute atomic E-state index is 0.214. The summed E-state index contributed by atoms with van der Waals surface area (Å²) in [6, 6.07) is 9.99. The van der Waals surface area contributed by atoms with Gasteiger partial charge in [0.05, 0.1) is 6.54 Å². The van der Waals surface area contributed by atoms with E-state index in [-0.39, 0.29) is 6.03 Å². The third-order valence-corrected chi connectivity index (χ3v) is 4.54. The van der Waals surface area contributed by atoms with Gasteiger partial charge in [0.2, 0.25) is 0 Å². The Morgan fingerprint density at radius 1 is 1.20 bits per heavy atom. The van der Waals surface area contributed by atoms with Crippen LogP contribution in [-0.2, 0) is 19.6 Å². The zero-order valence-electron chi connectivity index (χ0n) is 14.7. The number of nitrogens with zero attached hydrogens (tertiary/aromatic N) is 2. The van der Waals surface area contributed by atoms with Gasteiger partial charge in [0, 0.05) is 25.7 Å². The molecule has 25 heavy (non-hydrogen) atoms. The third-order valence-electron chi connectivity index (χ3n) is 4.54. The van der Waals surface area contributed by atoms with Crippen LogP contribution in [0.4, 0.5) is 4.79 Å². The Hall–Kier alpha value is -2.34. The van der Waals surface area contributed by atoms with E-state index in [0.29, 0.717) is 18.8 Å². The molecule has 1 saturated heterocycles. The minimum Gasteiger partial charge on any atom is -0.364 e. The lowest BCUT2D eigenvalue weighted by molar-refractivity contribution is 0.176. The minimum atomic E-state index is -0.214. The molecule has 0 saturated carbocycles. The average Bonchev–Trinajstić information content (AvgIpc) is 3.13. The molecule has 1 unspecified atom stereocenters. The molecule has 2 heterocycles. The molecule has 0 spiro atoms. The standard InChI is InChI=1S/C19H26N4O2/c1-15-3-2-9-23(13-15)14-17-6-4-16(5-7-17)11-20-19(24)21-12-18-8-10-25-22-18/h4-8,10,15H,2-3,9,11-14H2,1H3,(H2,20,21,24). The number of likely N-dealkylation sites (tertiary alicyclic amines) is 1. The van der Waals surface area contributed by atoms with Crippen LogP contribution in [0, 0.1) is 5.92 Å². The van der Waals surface area contributed by atoms with Crippen molar-refractivity contribution >= 4 is 6.03 Å². The molecule has 1 fully saturated rings. The average molecular weight is 342 g/mol. The molecule has 1 aromatic heterocycles. The van der Waals surface area contributed by atoms with Crippen LogP contribution in [0.25, 0.3) is 0 Å². The molecule has 0 radical (unpaired) electrons. The molecule has 6 nitrogen and oxygen atoms in total. The summed E-state index contributed by atoms with van der Waals surface area (Å²) >= 11 is 0. The van der Waals surface area contributed by atoms with Gasteiger partial charge >= 0.3 is 6.03 Å². The van der Waals surface area contributed by atoms with Crippen molar-refractivity contribution in [1.29, 1.82) is 0 Å². The van der Waals surface area contributed by atoms with Gasteiger partial charge in [-0.25, -0.2) is 4.79 Å². The Morgan fingerprint density at radius 2 is 1.96 bits per heavy atom. The van der Waals surface area contributed by atoms with Crippen molar-refractivity contribution in [3.8, 4) is 0 Å². The first-order valence-corrected chi connectivity index (χ1v) is 8.90. The Kier molecular flexibility index (Phi) is 6.06. The highest BCUT2D eigenvalue weighted by molar-refractivity contribution is 5.73. The number of hydrogen-bond donors (Lipinski definition) is 2. The molecular weight excluding hydrogens is 316 g/mol. The van der Waals surface area contributed by atoms with E-state index in [1.807, 2.05) is 0 Å². The molecule has 0 aliphatic carbocycles. The second-order valence-corrected chi connectivity index (χ2v) is 6.83. The van der Waals surface area contributed by atoms with Crippen LogP contribution in [0.3, 0.4) is 0 Å². The van der Waals surface area contributed by atoms with Crippen LogP contribution in [0.1, 0.15) is 36.6 Å². The van der Waals surface area contributed by atoms with E-state index >= 15 is 0 Å². The topological polar surface area (TPSA) is 70.4 Å². The van der Waals surface area contributed by atoms with Gasteiger partial charge in [-0.05, 0) is 36.4 Å². The number of piperidine rings is 1. The molecule has 2 amide bonds. The van der Waals surface area contributed by atoms with E-state index in [2.05, 4.69) is 51.9 Å². The maximum Gasteiger partial charge on any atom is 0.315 e. The van der Waals surface area contributed by atoms with E-state index in [9.17, 15) is 4.79 Å². The van der Waals surface area contributed by atoms with Gasteiger partial charge in [-0.1, -0.05) is 36.3 Å². The molecule has 1 aliphatic rings. The summed E-state index contributed by atoms with van der Waals surface area (Å²) in [5.41, 5.74) is 3.12. The summed E-state index contributed by atoms with van der Waals surface area (Å²) < 4.78 is 4.72. The van der Waals surface area contributed by atoms with E-state index in [0.717, 1.165) is 18.0 Å². The van der Waals surface area contributed by atoms with Crippen LogP contribution in [0.5, 0.6) is 0 Å². The normalized spacial score (nSPS) is 18.0. The fraction of sp³-hybridized carbons (Fsp3) is 0.474. The maximum absolute atomic E-state index is 11.8. The fourth-order valence-electron chi connectivity index (χ4n) is 3.20. The predicted octanol–water partition coefficient (Wildman–Crippen LogP) is 2.91. The Morgan fingerprint density at radius 3 is 2.68 bits per heavy atom. The number of rotatable bonds is 6. The highest BCUT2D eigenvalue weighted by atomic mass is 16.5. The molecule has 1 aromatic carbocycles. The summed E-state index contributed by atoms with van der Waals surface area (Å²) in [7, 11) is 0. The van der Waals surface area contributed by atoms with Crippen LogP contribution < -0.4 is 10.6 Å². The van der Waals surface area contributed by atoms with Crippen molar-refractivity contribution in [2.24, 2.45) is 5.92 Å². The quantitative estimate of drug-likeness (QED) is 0.847.